The third-order valence-electron chi connectivity index (χ3n) is 3.76. The van der Waals surface area contributed by atoms with Gasteiger partial charge in [0.25, 0.3) is 0 Å². The van der Waals surface area contributed by atoms with E-state index in [2.05, 4.69) is 24.4 Å². The summed E-state index contributed by atoms with van der Waals surface area (Å²) in [6.07, 6.45) is 6.25. The molecule has 6 heteroatoms. The lowest BCUT2D eigenvalue weighted by Gasteiger charge is -2.28. The second-order valence-electron chi connectivity index (χ2n) is 5.24. The first kappa shape index (κ1) is 10.8. The van der Waals surface area contributed by atoms with Crippen LogP contribution in [0.2, 0.25) is 0 Å². The Morgan fingerprint density at radius 2 is 2.11 bits per heavy atom. The van der Waals surface area contributed by atoms with Crippen LogP contribution in [0.1, 0.15) is 30.4 Å². The molecule has 2 aliphatic rings. The summed E-state index contributed by atoms with van der Waals surface area (Å²) in [5, 5.41) is 0. The summed E-state index contributed by atoms with van der Waals surface area (Å²) < 4.78 is 2.18. The number of anilines is 2. The summed E-state index contributed by atoms with van der Waals surface area (Å²) in [6, 6.07) is 1.87. The second kappa shape index (κ2) is 3.94. The van der Waals surface area contributed by atoms with Crippen molar-refractivity contribution in [3.63, 3.8) is 0 Å². The molecule has 98 valence electrons. The van der Waals surface area contributed by atoms with Crippen molar-refractivity contribution < 1.29 is 0 Å². The molecule has 19 heavy (non-hydrogen) atoms. The number of imidazole rings is 1. The lowest BCUT2D eigenvalue weighted by atomic mass is 10.3. The van der Waals surface area contributed by atoms with Crippen molar-refractivity contribution in [2.24, 2.45) is 0 Å². The molecular weight excluding hydrogens is 240 g/mol. The van der Waals surface area contributed by atoms with Gasteiger partial charge in [-0.15, -0.1) is 0 Å². The molecule has 0 spiro atoms. The molecule has 1 fully saturated rings. The number of nitrogen functional groups attached to an aromatic ring is 1. The quantitative estimate of drug-likeness (QED) is 0.872. The lowest BCUT2D eigenvalue weighted by molar-refractivity contribution is 0.555. The molecule has 6 nitrogen and oxygen atoms in total. The summed E-state index contributed by atoms with van der Waals surface area (Å²) in [6.45, 7) is 2.66. The molecule has 0 saturated heterocycles. The fourth-order valence-corrected chi connectivity index (χ4v) is 2.53. The fourth-order valence-electron chi connectivity index (χ4n) is 2.53. The van der Waals surface area contributed by atoms with Crippen LogP contribution in [0.4, 0.5) is 11.6 Å². The van der Waals surface area contributed by atoms with Crippen LogP contribution < -0.4 is 10.6 Å². The van der Waals surface area contributed by atoms with Gasteiger partial charge in [0.15, 0.2) is 0 Å². The average molecular weight is 256 g/mol. The Hall–Kier alpha value is -2.11. The predicted molar refractivity (Wildman–Crippen MR) is 71.7 cm³/mol. The first-order chi connectivity index (χ1) is 9.29. The van der Waals surface area contributed by atoms with Gasteiger partial charge in [-0.2, -0.15) is 0 Å². The summed E-state index contributed by atoms with van der Waals surface area (Å²) >= 11 is 0. The van der Waals surface area contributed by atoms with Crippen molar-refractivity contribution in [2.45, 2.75) is 31.8 Å². The predicted octanol–water partition coefficient (Wildman–Crippen LogP) is 1.15. The van der Waals surface area contributed by atoms with Crippen molar-refractivity contribution in [3.8, 4) is 0 Å². The molecule has 2 N–H and O–H groups in total. The monoisotopic (exact) mass is 256 g/mol. The number of hydrogen-bond donors (Lipinski definition) is 1. The molecule has 1 saturated carbocycles. The molecule has 3 heterocycles. The van der Waals surface area contributed by atoms with Crippen LogP contribution >= 0.6 is 0 Å². The Bertz CT molecular complexity index is 615. The maximum Gasteiger partial charge on any atom is 0.136 e. The maximum absolute atomic E-state index is 5.91. The normalized spacial score (nSPS) is 18.4. The third-order valence-corrected chi connectivity index (χ3v) is 3.76. The second-order valence-corrected chi connectivity index (χ2v) is 5.24. The van der Waals surface area contributed by atoms with Gasteiger partial charge in [0, 0.05) is 37.5 Å². The van der Waals surface area contributed by atoms with Crippen LogP contribution in [0.15, 0.2) is 18.5 Å². The highest BCUT2D eigenvalue weighted by atomic mass is 15.3. The molecule has 2 aromatic rings. The molecular formula is C13H16N6. The van der Waals surface area contributed by atoms with E-state index in [4.69, 9.17) is 5.73 Å². The van der Waals surface area contributed by atoms with Gasteiger partial charge in [0.05, 0.1) is 6.54 Å². The Morgan fingerprint density at radius 3 is 2.95 bits per heavy atom. The number of rotatable bonds is 2. The van der Waals surface area contributed by atoms with E-state index in [-0.39, 0.29) is 0 Å². The Balaban J connectivity index is 1.66. The first-order valence-electron chi connectivity index (χ1n) is 6.69. The zero-order chi connectivity index (χ0) is 12.8. The van der Waals surface area contributed by atoms with Gasteiger partial charge in [-0.1, -0.05) is 0 Å². The summed E-state index contributed by atoms with van der Waals surface area (Å²) in [7, 11) is 0. The third kappa shape index (κ3) is 1.93. The van der Waals surface area contributed by atoms with E-state index in [0.29, 0.717) is 11.7 Å². The van der Waals surface area contributed by atoms with Crippen LogP contribution in [0.25, 0.3) is 0 Å². The van der Waals surface area contributed by atoms with Gasteiger partial charge in [-0.3, -0.25) is 0 Å². The van der Waals surface area contributed by atoms with E-state index in [1.807, 2.05) is 18.5 Å². The number of nitrogens with two attached hydrogens (primary N) is 1. The van der Waals surface area contributed by atoms with Crippen molar-refractivity contribution in [3.05, 3.63) is 30.1 Å². The van der Waals surface area contributed by atoms with Crippen LogP contribution in [-0.4, -0.2) is 26.1 Å². The fraction of sp³-hybridized carbons (Fsp3) is 0.462. The van der Waals surface area contributed by atoms with Gasteiger partial charge in [-0.25, -0.2) is 15.0 Å². The molecule has 0 aromatic carbocycles. The SMILES string of the molecule is Nc1cc(N2CCn3ccnc3C2)nc(C2CC2)n1. The van der Waals surface area contributed by atoms with E-state index in [1.54, 1.807) is 0 Å². The van der Waals surface area contributed by atoms with Crippen LogP contribution in [0.3, 0.4) is 0 Å². The largest absolute Gasteiger partial charge is 0.384 e. The zero-order valence-corrected chi connectivity index (χ0v) is 10.7. The van der Waals surface area contributed by atoms with E-state index in [0.717, 1.165) is 37.1 Å². The molecule has 2 aromatic heterocycles. The van der Waals surface area contributed by atoms with Crippen LogP contribution in [0.5, 0.6) is 0 Å². The Labute approximate surface area is 111 Å². The van der Waals surface area contributed by atoms with Crippen LogP contribution in [-0.2, 0) is 13.1 Å². The van der Waals surface area contributed by atoms with Crippen molar-refractivity contribution in [1.29, 1.82) is 0 Å². The molecule has 4 rings (SSSR count). The molecule has 0 amide bonds. The van der Waals surface area contributed by atoms with Gasteiger partial charge in [0.1, 0.15) is 23.3 Å². The highest BCUT2D eigenvalue weighted by Gasteiger charge is 2.28. The van der Waals surface area contributed by atoms with E-state index in [1.165, 1.54) is 12.8 Å². The number of hydrogen-bond acceptors (Lipinski definition) is 5. The smallest absolute Gasteiger partial charge is 0.136 e. The lowest BCUT2D eigenvalue weighted by Crippen LogP contribution is -2.34. The average Bonchev–Trinajstić information content (AvgIpc) is 3.16. The number of aromatic nitrogens is 4. The van der Waals surface area contributed by atoms with Gasteiger partial charge in [0.2, 0.25) is 0 Å². The molecule has 1 aliphatic carbocycles. The minimum absolute atomic E-state index is 0.522. The first-order valence-corrected chi connectivity index (χ1v) is 6.69. The molecule has 1 aliphatic heterocycles. The Kier molecular flexibility index (Phi) is 2.24. The highest BCUT2D eigenvalue weighted by Crippen LogP contribution is 2.39. The van der Waals surface area contributed by atoms with Crippen molar-refractivity contribution in [2.75, 3.05) is 17.2 Å². The standard InChI is InChI=1S/C13H16N6/c14-10-7-11(17-13(16-10)9-1-2-9)19-6-5-18-4-3-15-12(18)8-19/h3-4,7,9H,1-2,5-6,8H2,(H2,14,16,17). The van der Waals surface area contributed by atoms with E-state index < -0.39 is 0 Å². The maximum atomic E-state index is 5.91. The molecule has 0 unspecified atom stereocenters. The summed E-state index contributed by atoms with van der Waals surface area (Å²) in [5.74, 6) is 4.01. The zero-order valence-electron chi connectivity index (χ0n) is 10.7. The number of nitrogens with zero attached hydrogens (tertiary/aromatic N) is 5. The van der Waals surface area contributed by atoms with Gasteiger partial charge in [-0.05, 0) is 12.8 Å². The minimum Gasteiger partial charge on any atom is -0.384 e. The summed E-state index contributed by atoms with van der Waals surface area (Å²) in [5.41, 5.74) is 5.91. The van der Waals surface area contributed by atoms with Crippen molar-refractivity contribution >= 4 is 11.6 Å². The van der Waals surface area contributed by atoms with E-state index >= 15 is 0 Å². The summed E-state index contributed by atoms with van der Waals surface area (Å²) in [4.78, 5) is 15.6. The Morgan fingerprint density at radius 1 is 1.21 bits per heavy atom. The molecule has 0 bridgehead atoms. The molecule has 0 atom stereocenters. The van der Waals surface area contributed by atoms with Gasteiger partial charge >= 0.3 is 0 Å². The minimum atomic E-state index is 0.522. The highest BCUT2D eigenvalue weighted by molar-refractivity contribution is 5.48. The van der Waals surface area contributed by atoms with Gasteiger partial charge < -0.3 is 15.2 Å². The van der Waals surface area contributed by atoms with E-state index in [9.17, 15) is 0 Å². The van der Waals surface area contributed by atoms with Crippen molar-refractivity contribution in [1.82, 2.24) is 19.5 Å². The van der Waals surface area contributed by atoms with Crippen LogP contribution in [0, 0.1) is 0 Å². The topological polar surface area (TPSA) is 72.9 Å². The number of fused-ring (bicyclic) bond motifs is 1. The molecule has 0 radical (unpaired) electrons.